The minimum absolute atomic E-state index is 0.0426. The molecule has 0 amide bonds. The third-order valence-corrected chi connectivity index (χ3v) is 4.33. The van der Waals surface area contributed by atoms with E-state index in [1.807, 2.05) is 6.92 Å². The smallest absolute Gasteiger partial charge is 0.429 e. The summed E-state index contributed by atoms with van der Waals surface area (Å²) < 4.78 is 115. The van der Waals surface area contributed by atoms with Crippen LogP contribution in [0.5, 0.6) is 5.75 Å². The molecule has 0 heterocycles. The summed E-state index contributed by atoms with van der Waals surface area (Å²) in [6.45, 7) is 1.85. The number of rotatable bonds is 5. The van der Waals surface area contributed by atoms with Gasteiger partial charge in [0, 0.05) is 17.7 Å². The van der Waals surface area contributed by atoms with Crippen LogP contribution in [-0.2, 0) is 12.5 Å². The summed E-state index contributed by atoms with van der Waals surface area (Å²) in [7, 11) is 0. The first kappa shape index (κ1) is 21.6. The van der Waals surface area contributed by atoms with Crippen molar-refractivity contribution in [2.75, 3.05) is 0 Å². The lowest BCUT2D eigenvalue weighted by Gasteiger charge is -2.20. The van der Waals surface area contributed by atoms with Crippen LogP contribution in [0.25, 0.3) is 11.1 Å². The van der Waals surface area contributed by atoms with Gasteiger partial charge in [-0.25, -0.2) is 26.3 Å². The summed E-state index contributed by atoms with van der Waals surface area (Å²) in [6, 6.07) is 6.37. The predicted octanol–water partition coefficient (Wildman–Crippen LogP) is 6.88. The zero-order valence-corrected chi connectivity index (χ0v) is 15.2. The highest BCUT2D eigenvalue weighted by Crippen LogP contribution is 2.39. The molecule has 3 rings (SSSR count). The van der Waals surface area contributed by atoms with Gasteiger partial charge in [-0.1, -0.05) is 31.2 Å². The molecule has 0 aromatic heterocycles. The van der Waals surface area contributed by atoms with Gasteiger partial charge < -0.3 is 4.74 Å². The molecule has 9 heteroatoms. The van der Waals surface area contributed by atoms with Crippen molar-refractivity contribution in [3.8, 4) is 16.9 Å². The molecular formula is C21H12F8O. The minimum Gasteiger partial charge on any atom is -0.429 e. The Labute approximate surface area is 165 Å². The Hall–Kier alpha value is -3.10. The zero-order valence-electron chi connectivity index (χ0n) is 15.2. The highest BCUT2D eigenvalue weighted by atomic mass is 19.3. The Balaban J connectivity index is 2.04. The molecule has 30 heavy (non-hydrogen) atoms. The van der Waals surface area contributed by atoms with Gasteiger partial charge in [0.15, 0.2) is 29.1 Å². The summed E-state index contributed by atoms with van der Waals surface area (Å²) in [5.41, 5.74) is -1.80. The summed E-state index contributed by atoms with van der Waals surface area (Å²) in [4.78, 5) is 0. The van der Waals surface area contributed by atoms with Crippen LogP contribution in [0.2, 0.25) is 0 Å². The van der Waals surface area contributed by atoms with Gasteiger partial charge in [-0.15, -0.1) is 0 Å². The molecule has 0 aliphatic carbocycles. The molecule has 0 bridgehead atoms. The normalized spacial score (nSPS) is 11.6. The van der Waals surface area contributed by atoms with E-state index in [0.717, 1.165) is 5.56 Å². The van der Waals surface area contributed by atoms with E-state index < -0.39 is 57.9 Å². The number of hydrogen-bond donors (Lipinski definition) is 0. The average Bonchev–Trinajstić information content (AvgIpc) is 2.68. The van der Waals surface area contributed by atoms with Gasteiger partial charge in [0.1, 0.15) is 17.1 Å². The van der Waals surface area contributed by atoms with E-state index in [1.54, 1.807) is 12.1 Å². The molecule has 0 N–H and O–H groups in total. The van der Waals surface area contributed by atoms with E-state index in [-0.39, 0.29) is 17.7 Å². The quantitative estimate of drug-likeness (QED) is 0.243. The first-order valence-electron chi connectivity index (χ1n) is 8.53. The van der Waals surface area contributed by atoms with E-state index in [0.29, 0.717) is 12.5 Å². The van der Waals surface area contributed by atoms with Gasteiger partial charge in [-0.3, -0.25) is 0 Å². The fraction of sp³-hybridized carbons (Fsp3) is 0.143. The highest BCUT2D eigenvalue weighted by Gasteiger charge is 2.43. The van der Waals surface area contributed by atoms with Crippen molar-refractivity contribution in [3.63, 3.8) is 0 Å². The zero-order chi connectivity index (χ0) is 22.2. The molecular weight excluding hydrogens is 420 g/mol. The Morgan fingerprint density at radius 3 is 1.83 bits per heavy atom. The fourth-order valence-electron chi connectivity index (χ4n) is 2.78. The third-order valence-electron chi connectivity index (χ3n) is 4.33. The first-order chi connectivity index (χ1) is 14.0. The van der Waals surface area contributed by atoms with Crippen molar-refractivity contribution in [2.24, 2.45) is 0 Å². The number of alkyl halides is 2. The molecule has 0 saturated heterocycles. The largest absolute Gasteiger partial charge is 0.432 e. The second-order valence-electron chi connectivity index (χ2n) is 6.28. The van der Waals surface area contributed by atoms with Crippen LogP contribution in [0, 0.1) is 34.9 Å². The molecule has 0 aliphatic heterocycles. The number of hydrogen-bond acceptors (Lipinski definition) is 1. The monoisotopic (exact) mass is 432 g/mol. The van der Waals surface area contributed by atoms with Gasteiger partial charge in [0.2, 0.25) is 0 Å². The minimum atomic E-state index is -4.86. The van der Waals surface area contributed by atoms with Crippen molar-refractivity contribution >= 4 is 0 Å². The number of halogens is 8. The molecule has 0 aliphatic rings. The van der Waals surface area contributed by atoms with E-state index in [1.165, 1.54) is 12.1 Å². The number of aryl methyl sites for hydroxylation is 1. The van der Waals surface area contributed by atoms with Crippen LogP contribution in [0.3, 0.4) is 0 Å². The molecule has 158 valence electrons. The second kappa shape index (κ2) is 7.97. The molecule has 0 saturated carbocycles. The topological polar surface area (TPSA) is 9.23 Å². The second-order valence-corrected chi connectivity index (χ2v) is 6.28. The lowest BCUT2D eigenvalue weighted by atomic mass is 10.00. The average molecular weight is 432 g/mol. The molecule has 1 nitrogen and oxygen atoms in total. The van der Waals surface area contributed by atoms with Crippen molar-refractivity contribution in [3.05, 3.63) is 88.5 Å². The van der Waals surface area contributed by atoms with Gasteiger partial charge in [0.05, 0.1) is 0 Å². The van der Waals surface area contributed by atoms with Gasteiger partial charge in [-0.2, -0.15) is 8.78 Å². The highest BCUT2D eigenvalue weighted by molar-refractivity contribution is 5.65. The summed E-state index contributed by atoms with van der Waals surface area (Å²) >= 11 is 0. The number of benzene rings is 3. The maximum atomic E-state index is 14.5. The molecule has 0 spiro atoms. The van der Waals surface area contributed by atoms with Crippen LogP contribution in [0.1, 0.15) is 18.1 Å². The maximum absolute atomic E-state index is 14.5. The lowest BCUT2D eigenvalue weighted by molar-refractivity contribution is -0.190. The van der Waals surface area contributed by atoms with E-state index in [2.05, 4.69) is 4.74 Å². The summed E-state index contributed by atoms with van der Waals surface area (Å²) in [5.74, 6) is -12.8. The predicted molar refractivity (Wildman–Crippen MR) is 92.0 cm³/mol. The molecule has 0 atom stereocenters. The third kappa shape index (κ3) is 3.96. The van der Waals surface area contributed by atoms with Crippen LogP contribution < -0.4 is 4.74 Å². The Kier molecular flexibility index (Phi) is 5.74. The van der Waals surface area contributed by atoms with Crippen molar-refractivity contribution in [1.82, 2.24) is 0 Å². The van der Waals surface area contributed by atoms with Crippen molar-refractivity contribution in [2.45, 2.75) is 19.5 Å². The van der Waals surface area contributed by atoms with Crippen molar-refractivity contribution < 1.29 is 39.9 Å². The van der Waals surface area contributed by atoms with Crippen LogP contribution in [0.15, 0.2) is 42.5 Å². The van der Waals surface area contributed by atoms with Crippen LogP contribution in [0.4, 0.5) is 35.1 Å². The molecule has 0 fully saturated rings. The summed E-state index contributed by atoms with van der Waals surface area (Å²) in [6.07, 6.45) is -4.21. The van der Waals surface area contributed by atoms with Gasteiger partial charge in [-0.05, 0) is 23.6 Å². The van der Waals surface area contributed by atoms with Crippen LogP contribution >= 0.6 is 0 Å². The number of ether oxygens (including phenoxy) is 1. The standard InChI is InChI=1S/C21H12F8O/c1-2-10-3-5-11(6-4-10)13-9-14(22)17(20(27)18(13)25)21(28,29)30-12-7-15(23)19(26)16(24)8-12/h3-9H,2H2,1H3. The van der Waals surface area contributed by atoms with E-state index in [9.17, 15) is 35.1 Å². The fourth-order valence-corrected chi connectivity index (χ4v) is 2.78. The molecule has 3 aromatic rings. The Bertz CT molecular complexity index is 1070. The van der Waals surface area contributed by atoms with Gasteiger partial charge >= 0.3 is 6.11 Å². The van der Waals surface area contributed by atoms with E-state index in [4.69, 9.17) is 0 Å². The molecule has 3 aromatic carbocycles. The maximum Gasteiger partial charge on any atom is 0.432 e. The SMILES string of the molecule is CCc1ccc(-c2cc(F)c(C(F)(F)Oc3cc(F)c(F)c(F)c3)c(F)c2F)cc1. The molecule has 0 radical (unpaired) electrons. The van der Waals surface area contributed by atoms with E-state index >= 15 is 0 Å². The van der Waals surface area contributed by atoms with Crippen molar-refractivity contribution in [1.29, 1.82) is 0 Å². The first-order valence-corrected chi connectivity index (χ1v) is 8.53. The molecule has 0 unspecified atom stereocenters. The summed E-state index contributed by atoms with van der Waals surface area (Å²) in [5, 5.41) is 0. The Morgan fingerprint density at radius 2 is 1.30 bits per heavy atom. The van der Waals surface area contributed by atoms with Crippen LogP contribution in [-0.4, -0.2) is 0 Å². The Morgan fingerprint density at radius 1 is 0.733 bits per heavy atom. The van der Waals surface area contributed by atoms with Gasteiger partial charge in [0.25, 0.3) is 0 Å². The lowest BCUT2D eigenvalue weighted by Crippen LogP contribution is -2.26.